The van der Waals surface area contributed by atoms with Gasteiger partial charge in [-0.05, 0) is 45.2 Å². The van der Waals surface area contributed by atoms with Gasteiger partial charge in [-0.3, -0.25) is 19.3 Å². The average molecular weight is 423 g/mol. The molecule has 1 N–H and O–H groups in total. The molecule has 1 heterocycles. The first kappa shape index (κ1) is 26.1. The summed E-state index contributed by atoms with van der Waals surface area (Å²) in [6, 6.07) is -1.02. The fourth-order valence-electron chi connectivity index (χ4n) is 3.97. The Labute approximate surface area is 182 Å². The highest BCUT2D eigenvalue weighted by Gasteiger charge is 2.34. The second kappa shape index (κ2) is 11.5. The number of hydrogen-bond acceptors (Lipinski definition) is 4. The maximum Gasteiger partial charge on any atom is 0.248 e. The number of hydrogen-bond donors (Lipinski definition) is 1. The van der Waals surface area contributed by atoms with Crippen molar-refractivity contribution in [1.29, 1.82) is 0 Å². The molecule has 1 aliphatic rings. The third-order valence-corrected chi connectivity index (χ3v) is 5.95. The first-order valence-corrected chi connectivity index (χ1v) is 11.1. The molecule has 172 valence electrons. The van der Waals surface area contributed by atoms with Gasteiger partial charge < -0.3 is 15.1 Å². The second-order valence-electron chi connectivity index (χ2n) is 9.46. The molecule has 7 heteroatoms. The molecule has 7 nitrogen and oxygen atoms in total. The van der Waals surface area contributed by atoms with Crippen molar-refractivity contribution >= 4 is 17.7 Å². The lowest BCUT2D eigenvalue weighted by molar-refractivity contribution is -0.139. The number of nitrogens with one attached hydrogen (secondary N) is 1. The van der Waals surface area contributed by atoms with Crippen molar-refractivity contribution in [2.45, 2.75) is 72.0 Å². The number of likely N-dealkylation sites (tertiary alicyclic amines) is 1. The fourth-order valence-corrected chi connectivity index (χ4v) is 3.97. The lowest BCUT2D eigenvalue weighted by Crippen LogP contribution is -2.57. The van der Waals surface area contributed by atoms with Crippen molar-refractivity contribution in [2.24, 2.45) is 11.8 Å². The Hall–Kier alpha value is -1.89. The van der Waals surface area contributed by atoms with E-state index in [9.17, 15) is 14.4 Å². The summed E-state index contributed by atoms with van der Waals surface area (Å²) in [6.45, 7) is 10.6. The molecule has 0 radical (unpaired) electrons. The van der Waals surface area contributed by atoms with E-state index in [2.05, 4.69) is 10.2 Å². The first-order valence-electron chi connectivity index (χ1n) is 11.1. The Kier molecular flexibility index (Phi) is 10.0. The first-order chi connectivity index (χ1) is 13.9. The molecule has 0 spiro atoms. The molecule has 0 aromatic heterocycles. The zero-order valence-electron chi connectivity index (χ0n) is 20.4. The predicted molar refractivity (Wildman–Crippen MR) is 121 cm³/mol. The lowest BCUT2D eigenvalue weighted by atomic mass is 9.96. The van der Waals surface area contributed by atoms with E-state index in [1.54, 1.807) is 33.0 Å². The van der Waals surface area contributed by atoms with Crippen molar-refractivity contribution in [2.75, 3.05) is 34.7 Å². The van der Waals surface area contributed by atoms with Crippen LogP contribution in [-0.4, -0.2) is 85.3 Å². The highest BCUT2D eigenvalue weighted by atomic mass is 16.2. The van der Waals surface area contributed by atoms with E-state index < -0.39 is 6.04 Å². The third kappa shape index (κ3) is 6.83. The van der Waals surface area contributed by atoms with Crippen molar-refractivity contribution < 1.29 is 14.4 Å². The second-order valence-corrected chi connectivity index (χ2v) is 9.46. The smallest absolute Gasteiger partial charge is 0.248 e. The van der Waals surface area contributed by atoms with Gasteiger partial charge in [0.2, 0.25) is 17.7 Å². The van der Waals surface area contributed by atoms with Crippen LogP contribution in [0, 0.1) is 11.8 Å². The van der Waals surface area contributed by atoms with Gasteiger partial charge in [-0.1, -0.05) is 40.2 Å². The Morgan fingerprint density at radius 1 is 1.03 bits per heavy atom. The topological polar surface area (TPSA) is 73.0 Å². The largest absolute Gasteiger partial charge is 0.345 e. The summed E-state index contributed by atoms with van der Waals surface area (Å²) in [5.41, 5.74) is 0.604. The van der Waals surface area contributed by atoms with Gasteiger partial charge in [0, 0.05) is 26.7 Å². The van der Waals surface area contributed by atoms with Gasteiger partial charge in [0.1, 0.15) is 6.04 Å². The van der Waals surface area contributed by atoms with Gasteiger partial charge in [-0.2, -0.15) is 0 Å². The molecular weight excluding hydrogens is 380 g/mol. The van der Waals surface area contributed by atoms with Crippen LogP contribution in [0.2, 0.25) is 0 Å². The molecule has 0 saturated carbocycles. The summed E-state index contributed by atoms with van der Waals surface area (Å²) < 4.78 is 0. The summed E-state index contributed by atoms with van der Waals surface area (Å²) in [4.78, 5) is 43.9. The van der Waals surface area contributed by atoms with Crippen molar-refractivity contribution in [3.05, 3.63) is 11.6 Å². The monoisotopic (exact) mass is 422 g/mol. The Morgan fingerprint density at radius 2 is 1.63 bits per heavy atom. The van der Waals surface area contributed by atoms with Crippen LogP contribution in [-0.2, 0) is 14.4 Å². The Bertz CT molecular complexity index is 642. The maximum absolute atomic E-state index is 13.4. The average Bonchev–Trinajstić information content (AvgIpc) is 2.67. The van der Waals surface area contributed by atoms with E-state index >= 15 is 0 Å². The number of amides is 3. The summed E-state index contributed by atoms with van der Waals surface area (Å²) in [5.74, 6) is -0.198. The third-order valence-electron chi connectivity index (χ3n) is 5.95. The number of carbonyl (C=O) groups is 3. The molecule has 0 aliphatic carbocycles. The van der Waals surface area contributed by atoms with Gasteiger partial charge in [-0.25, -0.2) is 0 Å². The molecule has 30 heavy (non-hydrogen) atoms. The fraction of sp³-hybridized carbons (Fsp3) is 0.783. The van der Waals surface area contributed by atoms with E-state index in [4.69, 9.17) is 0 Å². The summed E-state index contributed by atoms with van der Waals surface area (Å²) in [5, 5.41) is 3.02. The molecule has 3 atom stereocenters. The zero-order valence-corrected chi connectivity index (χ0v) is 20.4. The van der Waals surface area contributed by atoms with Gasteiger partial charge in [-0.15, -0.1) is 0 Å². The number of piperidine rings is 1. The van der Waals surface area contributed by atoms with Crippen LogP contribution in [0.25, 0.3) is 0 Å². The van der Waals surface area contributed by atoms with Crippen LogP contribution in [0.15, 0.2) is 11.6 Å². The highest BCUT2D eigenvalue weighted by molar-refractivity contribution is 5.93. The zero-order chi connectivity index (χ0) is 23.2. The highest BCUT2D eigenvalue weighted by Crippen LogP contribution is 2.19. The van der Waals surface area contributed by atoms with E-state index in [1.165, 1.54) is 4.90 Å². The van der Waals surface area contributed by atoms with Gasteiger partial charge in [0.05, 0.1) is 12.1 Å². The summed E-state index contributed by atoms with van der Waals surface area (Å²) in [6.07, 6.45) is 4.81. The van der Waals surface area contributed by atoms with Crippen LogP contribution < -0.4 is 5.32 Å². The molecule has 1 rings (SSSR count). The number of likely N-dealkylation sites (N-methyl/N-ethyl adjacent to an activating group) is 3. The molecule has 1 fully saturated rings. The number of nitrogens with zero attached hydrogens (tertiary/aromatic N) is 3. The molecule has 0 bridgehead atoms. The Balaban J connectivity index is 3.03. The standard InChI is InChI=1S/C23H42N4O3/c1-15(2)19(14-17(5)22(29)25(6)7)27(9)23(30)20(16(3)4)24-21(28)18-12-10-11-13-26(18)8/h14-16,18-20H,10-13H2,1-9H3,(H,24,28)/t18-,19-,20+/m1/s1. The van der Waals surface area contributed by atoms with E-state index in [1.807, 2.05) is 40.8 Å². The maximum atomic E-state index is 13.4. The summed E-state index contributed by atoms with van der Waals surface area (Å²) >= 11 is 0. The van der Waals surface area contributed by atoms with Gasteiger partial charge in [0.25, 0.3) is 0 Å². The molecular formula is C23H42N4O3. The van der Waals surface area contributed by atoms with Crippen molar-refractivity contribution in [3.63, 3.8) is 0 Å². The van der Waals surface area contributed by atoms with Crippen molar-refractivity contribution in [3.8, 4) is 0 Å². The van der Waals surface area contributed by atoms with Gasteiger partial charge >= 0.3 is 0 Å². The number of rotatable bonds is 8. The van der Waals surface area contributed by atoms with E-state index in [-0.39, 0.29) is 41.6 Å². The van der Waals surface area contributed by atoms with Crippen LogP contribution in [0.1, 0.15) is 53.9 Å². The van der Waals surface area contributed by atoms with Crippen LogP contribution in [0.3, 0.4) is 0 Å². The molecule has 3 amide bonds. The molecule has 1 saturated heterocycles. The minimum atomic E-state index is -0.600. The molecule has 0 unspecified atom stereocenters. The number of carbonyl (C=O) groups excluding carboxylic acids is 3. The van der Waals surface area contributed by atoms with Gasteiger partial charge in [0.15, 0.2) is 0 Å². The normalized spacial score (nSPS) is 20.1. The molecule has 0 aromatic carbocycles. The molecule has 1 aliphatic heterocycles. The SMILES string of the molecule is CC(=C[C@H](C(C)C)N(C)C(=O)[C@@H](NC(=O)[C@H]1CCCCN1C)C(C)C)C(=O)N(C)C. The predicted octanol–water partition coefficient (Wildman–Crippen LogP) is 2.13. The van der Waals surface area contributed by atoms with Crippen molar-refractivity contribution in [1.82, 2.24) is 20.0 Å². The van der Waals surface area contributed by atoms with E-state index in [0.717, 1.165) is 25.8 Å². The minimum absolute atomic E-state index is 0.0425. The lowest BCUT2D eigenvalue weighted by Gasteiger charge is -2.36. The summed E-state index contributed by atoms with van der Waals surface area (Å²) in [7, 11) is 7.15. The van der Waals surface area contributed by atoms with Crippen LogP contribution in [0.5, 0.6) is 0 Å². The van der Waals surface area contributed by atoms with Crippen LogP contribution in [0.4, 0.5) is 0 Å². The van der Waals surface area contributed by atoms with Crippen LogP contribution >= 0.6 is 0 Å². The Morgan fingerprint density at radius 3 is 2.10 bits per heavy atom. The quantitative estimate of drug-likeness (QED) is 0.608. The van der Waals surface area contributed by atoms with E-state index in [0.29, 0.717) is 5.57 Å². The minimum Gasteiger partial charge on any atom is -0.345 e. The molecule has 0 aromatic rings.